The van der Waals surface area contributed by atoms with Crippen LogP contribution in [0.25, 0.3) is 5.70 Å². The zero-order chi connectivity index (χ0) is 10.6. The molecule has 0 saturated heterocycles. The maximum atomic E-state index is 8.83. The summed E-state index contributed by atoms with van der Waals surface area (Å²) in [6, 6.07) is 9.73. The monoisotopic (exact) mass is 250 g/mol. The zero-order valence-corrected chi connectivity index (χ0v) is 9.51. The Hall–Kier alpha value is -1.27. The Morgan fingerprint density at radius 3 is 2.79 bits per heavy atom. The number of nitrogens with zero attached hydrogens (tertiary/aromatic N) is 1. The molecular weight excluding hydrogens is 240 g/mol. The molecule has 0 aliphatic rings. The molecule has 2 nitrogen and oxygen atoms in total. The number of benzene rings is 1. The van der Waals surface area contributed by atoms with Gasteiger partial charge in [0.15, 0.2) is 0 Å². The summed E-state index contributed by atoms with van der Waals surface area (Å²) in [5.74, 6) is 0. The van der Waals surface area contributed by atoms with Crippen molar-refractivity contribution in [3.05, 3.63) is 39.9 Å². The van der Waals surface area contributed by atoms with Crippen LogP contribution in [0.15, 0.2) is 34.3 Å². The molecule has 0 unspecified atom stereocenters. The average molecular weight is 251 g/mol. The van der Waals surface area contributed by atoms with Crippen LogP contribution in [0.3, 0.4) is 0 Å². The van der Waals surface area contributed by atoms with E-state index in [2.05, 4.69) is 22.0 Å². The minimum Gasteiger partial charge on any atom is -0.397 e. The lowest BCUT2D eigenvalue weighted by atomic mass is 10.1. The molecule has 0 aromatic heterocycles. The van der Waals surface area contributed by atoms with Gasteiger partial charge in [0.05, 0.1) is 17.3 Å². The van der Waals surface area contributed by atoms with E-state index in [1.54, 1.807) is 0 Å². The van der Waals surface area contributed by atoms with Crippen LogP contribution in [-0.4, -0.2) is 0 Å². The number of halogens is 1. The van der Waals surface area contributed by atoms with E-state index < -0.39 is 0 Å². The van der Waals surface area contributed by atoms with Crippen molar-refractivity contribution < 1.29 is 0 Å². The fourth-order valence-electron chi connectivity index (χ4n) is 1.16. The molecule has 0 radical (unpaired) electrons. The van der Waals surface area contributed by atoms with E-state index in [1.165, 1.54) is 0 Å². The van der Waals surface area contributed by atoms with Gasteiger partial charge in [0.2, 0.25) is 0 Å². The SMILES string of the molecule is CC/C(C#N)=C(/N)c1cccc(Br)c1. The predicted octanol–water partition coefficient (Wildman–Crippen LogP) is 3.05. The molecule has 14 heavy (non-hydrogen) atoms. The van der Waals surface area contributed by atoms with E-state index >= 15 is 0 Å². The molecule has 0 bridgehead atoms. The maximum absolute atomic E-state index is 8.83. The van der Waals surface area contributed by atoms with Gasteiger partial charge < -0.3 is 5.73 Å². The molecule has 0 atom stereocenters. The summed E-state index contributed by atoms with van der Waals surface area (Å²) in [5, 5.41) is 8.83. The zero-order valence-electron chi connectivity index (χ0n) is 7.92. The fraction of sp³-hybridized carbons (Fsp3) is 0.182. The molecule has 0 fully saturated rings. The number of hydrogen-bond donors (Lipinski definition) is 1. The van der Waals surface area contributed by atoms with Gasteiger partial charge in [-0.15, -0.1) is 0 Å². The molecule has 3 heteroatoms. The molecule has 0 heterocycles. The molecule has 0 aliphatic heterocycles. The van der Waals surface area contributed by atoms with Crippen molar-refractivity contribution in [2.75, 3.05) is 0 Å². The molecule has 1 rings (SSSR count). The van der Waals surface area contributed by atoms with Crippen LogP contribution in [0, 0.1) is 11.3 Å². The molecule has 0 amide bonds. The molecule has 1 aromatic carbocycles. The number of nitrogens with two attached hydrogens (primary N) is 1. The van der Waals surface area contributed by atoms with Crippen LogP contribution in [0.1, 0.15) is 18.9 Å². The van der Waals surface area contributed by atoms with Crippen molar-refractivity contribution in [2.24, 2.45) is 5.73 Å². The Labute approximate surface area is 92.2 Å². The van der Waals surface area contributed by atoms with Gasteiger partial charge in [0.1, 0.15) is 0 Å². The topological polar surface area (TPSA) is 49.8 Å². The van der Waals surface area contributed by atoms with Crippen molar-refractivity contribution in [1.29, 1.82) is 5.26 Å². The highest BCUT2D eigenvalue weighted by Crippen LogP contribution is 2.19. The van der Waals surface area contributed by atoms with Gasteiger partial charge in [-0.05, 0) is 24.1 Å². The summed E-state index contributed by atoms with van der Waals surface area (Å²) in [5.41, 5.74) is 7.95. The normalized spacial score (nSPS) is 11.8. The molecule has 72 valence electrons. The van der Waals surface area contributed by atoms with Crippen LogP contribution in [0.4, 0.5) is 0 Å². The Kier molecular flexibility index (Phi) is 3.73. The Balaban J connectivity index is 3.18. The largest absolute Gasteiger partial charge is 0.397 e. The summed E-state index contributed by atoms with van der Waals surface area (Å²) in [4.78, 5) is 0. The van der Waals surface area contributed by atoms with E-state index in [1.807, 2.05) is 31.2 Å². The lowest BCUT2D eigenvalue weighted by Gasteiger charge is -2.04. The van der Waals surface area contributed by atoms with E-state index in [-0.39, 0.29) is 0 Å². The second-order valence-electron chi connectivity index (χ2n) is 2.87. The molecule has 0 saturated carbocycles. The van der Waals surface area contributed by atoms with Crippen molar-refractivity contribution in [1.82, 2.24) is 0 Å². The van der Waals surface area contributed by atoms with Crippen LogP contribution in [0.2, 0.25) is 0 Å². The Bertz CT molecular complexity index is 402. The minimum absolute atomic E-state index is 0.566. The highest BCUT2D eigenvalue weighted by molar-refractivity contribution is 9.10. The summed E-state index contributed by atoms with van der Waals surface area (Å²) in [6.45, 7) is 1.92. The lowest BCUT2D eigenvalue weighted by molar-refractivity contribution is 1.14. The fourth-order valence-corrected chi connectivity index (χ4v) is 1.56. The van der Waals surface area contributed by atoms with Gasteiger partial charge in [-0.2, -0.15) is 5.26 Å². The van der Waals surface area contributed by atoms with Crippen LogP contribution < -0.4 is 5.73 Å². The van der Waals surface area contributed by atoms with E-state index in [0.717, 1.165) is 10.0 Å². The van der Waals surface area contributed by atoms with E-state index in [0.29, 0.717) is 17.7 Å². The van der Waals surface area contributed by atoms with Gasteiger partial charge in [-0.25, -0.2) is 0 Å². The maximum Gasteiger partial charge on any atom is 0.0968 e. The van der Waals surface area contributed by atoms with Crippen molar-refractivity contribution in [3.63, 3.8) is 0 Å². The highest BCUT2D eigenvalue weighted by Gasteiger charge is 2.03. The smallest absolute Gasteiger partial charge is 0.0968 e. The third-order valence-corrected chi connectivity index (χ3v) is 2.44. The third-order valence-electron chi connectivity index (χ3n) is 1.95. The second-order valence-corrected chi connectivity index (χ2v) is 3.78. The van der Waals surface area contributed by atoms with Crippen molar-refractivity contribution in [2.45, 2.75) is 13.3 Å². The van der Waals surface area contributed by atoms with Gasteiger partial charge >= 0.3 is 0 Å². The quantitative estimate of drug-likeness (QED) is 0.821. The van der Waals surface area contributed by atoms with Gasteiger partial charge in [-0.3, -0.25) is 0 Å². The van der Waals surface area contributed by atoms with Crippen LogP contribution >= 0.6 is 15.9 Å². The number of hydrogen-bond acceptors (Lipinski definition) is 2. The Morgan fingerprint density at radius 1 is 1.57 bits per heavy atom. The molecule has 2 N–H and O–H groups in total. The second kappa shape index (κ2) is 4.83. The summed E-state index contributed by atoms with van der Waals surface area (Å²) in [7, 11) is 0. The van der Waals surface area contributed by atoms with E-state index in [4.69, 9.17) is 11.0 Å². The van der Waals surface area contributed by atoms with Crippen LogP contribution in [-0.2, 0) is 0 Å². The minimum atomic E-state index is 0.566. The lowest BCUT2D eigenvalue weighted by Crippen LogP contribution is -2.00. The van der Waals surface area contributed by atoms with Crippen molar-refractivity contribution in [3.8, 4) is 6.07 Å². The first kappa shape index (κ1) is 10.8. The van der Waals surface area contributed by atoms with Gasteiger partial charge in [0.25, 0.3) is 0 Å². The number of rotatable bonds is 2. The number of nitriles is 1. The average Bonchev–Trinajstić information content (AvgIpc) is 2.19. The van der Waals surface area contributed by atoms with Gasteiger partial charge in [0, 0.05) is 4.47 Å². The Morgan fingerprint density at radius 2 is 2.29 bits per heavy atom. The highest BCUT2D eigenvalue weighted by atomic mass is 79.9. The molecule has 1 aromatic rings. The summed E-state index contributed by atoms with van der Waals surface area (Å²) in [6.07, 6.45) is 0.662. The van der Waals surface area contributed by atoms with Crippen molar-refractivity contribution >= 4 is 21.6 Å². The first-order chi connectivity index (χ1) is 6.69. The van der Waals surface area contributed by atoms with Crippen LogP contribution in [0.5, 0.6) is 0 Å². The first-order valence-electron chi connectivity index (χ1n) is 4.33. The molecular formula is C11H11BrN2. The molecule has 0 spiro atoms. The standard InChI is InChI=1S/C11H11BrN2/c1-2-8(7-13)11(14)9-4-3-5-10(12)6-9/h3-6H,2,14H2,1H3/b11-8-. The van der Waals surface area contributed by atoms with E-state index in [9.17, 15) is 0 Å². The summed E-state index contributed by atoms with van der Waals surface area (Å²) < 4.78 is 0.964. The summed E-state index contributed by atoms with van der Waals surface area (Å²) >= 11 is 3.36. The predicted molar refractivity (Wildman–Crippen MR) is 61.2 cm³/mol. The molecule has 0 aliphatic carbocycles. The van der Waals surface area contributed by atoms with Gasteiger partial charge in [-0.1, -0.05) is 35.0 Å². The number of allylic oxidation sites excluding steroid dienone is 1. The third kappa shape index (κ3) is 2.36. The first-order valence-corrected chi connectivity index (χ1v) is 5.13.